The number of aryl methyl sites for hydroxylation is 1. The van der Waals surface area contributed by atoms with Crippen LogP contribution in [0.25, 0.3) is 10.9 Å². The van der Waals surface area contributed by atoms with Gasteiger partial charge in [-0.2, -0.15) is 0 Å². The van der Waals surface area contributed by atoms with Crippen LogP contribution < -0.4 is 32.4 Å². The maximum absolute atomic E-state index is 12.7. The van der Waals surface area contributed by atoms with E-state index in [2.05, 4.69) is 54.4 Å². The van der Waals surface area contributed by atoms with Gasteiger partial charge >= 0.3 is 11.9 Å². The summed E-state index contributed by atoms with van der Waals surface area (Å²) in [5.74, 6) is -2.14. The first-order valence-corrected chi connectivity index (χ1v) is 20.9. The molecule has 22 heteroatoms. The Morgan fingerprint density at radius 1 is 1.20 bits per heavy atom. The molecule has 2 amide bonds. The first-order valence-electron chi connectivity index (χ1n) is 18.6. The number of aromatic nitrogens is 4. The lowest BCUT2D eigenvalue weighted by Crippen LogP contribution is -2.71. The lowest BCUT2D eigenvalue weighted by Gasteiger charge is -2.49. The third kappa shape index (κ3) is 12.6. The summed E-state index contributed by atoms with van der Waals surface area (Å²) in [5.41, 5.74) is 14.0. The number of nitrogen functional groups attached to an aromatic ring is 1. The van der Waals surface area contributed by atoms with Gasteiger partial charge in [-0.25, -0.2) is 9.78 Å². The summed E-state index contributed by atoms with van der Waals surface area (Å²) < 4.78 is 10.6. The van der Waals surface area contributed by atoms with Crippen LogP contribution in [0.15, 0.2) is 63.1 Å². The highest BCUT2D eigenvalue weighted by Crippen LogP contribution is 2.40. The molecular formula is C38H48N10O9S3. The lowest BCUT2D eigenvalue weighted by atomic mass is 10.0. The van der Waals surface area contributed by atoms with Crippen LogP contribution in [0.2, 0.25) is 0 Å². The zero-order valence-corrected chi connectivity index (χ0v) is 36.1. The molecule has 3 atom stereocenters. The number of H-pyrrole nitrogens is 2. The number of fused-ring (bicyclic) bond motifs is 2. The minimum absolute atomic E-state index is 0.128. The molecule has 0 bridgehead atoms. The molecule has 1 aromatic carbocycles. The van der Waals surface area contributed by atoms with Gasteiger partial charge in [-0.05, 0) is 57.1 Å². The van der Waals surface area contributed by atoms with Crippen LogP contribution >= 0.6 is 35.3 Å². The fourth-order valence-corrected chi connectivity index (χ4v) is 8.07. The Morgan fingerprint density at radius 2 is 1.97 bits per heavy atom. The maximum atomic E-state index is 12.7. The molecule has 0 spiro atoms. The fraction of sp³-hybridized carbons (Fsp3) is 0.395. The second-order valence-corrected chi connectivity index (χ2v) is 15.6. The monoisotopic (exact) mass is 884 g/mol. The van der Waals surface area contributed by atoms with Crippen molar-refractivity contribution in [1.82, 2.24) is 30.2 Å². The number of aliphatic carboxylic acids is 1. The molecule has 1 saturated heterocycles. The molecule has 0 aliphatic carbocycles. The highest BCUT2D eigenvalue weighted by atomic mass is 32.2. The molecule has 2 aliphatic heterocycles. The molecule has 4 aromatic rings. The van der Waals surface area contributed by atoms with Gasteiger partial charge in [0.05, 0.1) is 18.3 Å². The lowest BCUT2D eigenvalue weighted by molar-refractivity contribution is -0.150. The number of thiazole rings is 1. The smallest absolute Gasteiger partial charge is 0.352 e. The number of thioether (sulfide) groups is 1. The quantitative estimate of drug-likeness (QED) is 0.0296. The molecule has 1 unspecified atom stereocenters. The number of benzene rings is 1. The van der Waals surface area contributed by atoms with E-state index in [4.69, 9.17) is 33.2 Å². The van der Waals surface area contributed by atoms with E-state index in [0.717, 1.165) is 76.5 Å². The predicted octanol–water partition coefficient (Wildman–Crippen LogP) is 3.55. The van der Waals surface area contributed by atoms with Crippen molar-refractivity contribution < 1.29 is 38.6 Å². The number of nitrogens with one attached hydrogen (secondary N) is 4. The van der Waals surface area contributed by atoms with Crippen molar-refractivity contribution in [1.29, 1.82) is 0 Å². The highest BCUT2D eigenvalue weighted by Gasteiger charge is 2.54. The van der Waals surface area contributed by atoms with E-state index in [1.54, 1.807) is 13.2 Å². The number of carboxylic acid groups (broad SMARTS) is 1. The summed E-state index contributed by atoms with van der Waals surface area (Å²) in [6.45, 7) is 5.91. The standard InChI is InChI=1S/C16H17N5O7S2.C15H21N3O.C7H10N2OS/c1-6(22)28-3-7-4-29-14-10(13(24)21(14)11(7)15(25)26)19-12(23)9(20-27-2)8-5-30-16(17)18-8;1-11(5-3-7-16)18-14-10-13(19-2)9-12-6-4-8-17-15(12)14;1-2-3-5-4-6(10)9-7(11)8-5/h5,10,14H,3-4H2,1-2H3,(H2,17,18)(H,19,23)(H,25,26);4,6,8-11,18H,3,5,7,16H2,1-2H3;4H,2-3H2,1H3,(H2,8,9,10,11)/b20-9-;;/t10-,14-;;/m1../s1. The number of nitrogens with two attached hydrogens (primary N) is 2. The number of amides is 2. The number of aromatic amines is 2. The SMILES string of the molecule is CCCc1cc(=O)[nH]c(=S)[nH]1.CO/N=C(\C(=O)N[C@@H]1C(=O)N2C(C(=O)O)=C(COC(C)=O)CS[C@H]12)c1csc(N)n1.COc1cc(NC(C)CCCN)c2ncccc2c1. The Balaban J connectivity index is 0.000000224. The molecule has 3 aromatic heterocycles. The molecule has 19 nitrogen and oxygen atoms in total. The van der Waals surface area contributed by atoms with Crippen LogP contribution in [-0.2, 0) is 35.2 Å². The summed E-state index contributed by atoms with van der Waals surface area (Å²) in [6.07, 6.45) is 5.75. The Labute approximate surface area is 358 Å². The number of hydrogen-bond donors (Lipinski definition) is 7. The zero-order chi connectivity index (χ0) is 43.9. The number of pyridine rings is 1. The number of β-lactam (4-membered cyclic amide) rings is 1. The number of nitrogens with zero attached hydrogens (tertiary/aromatic N) is 4. The van der Waals surface area contributed by atoms with E-state index in [1.165, 1.54) is 31.2 Å². The van der Waals surface area contributed by atoms with Crippen molar-refractivity contribution in [3.05, 3.63) is 79.7 Å². The molecule has 2 aliphatic rings. The molecule has 322 valence electrons. The van der Waals surface area contributed by atoms with Crippen LogP contribution in [0.5, 0.6) is 5.75 Å². The molecule has 9 N–H and O–H groups in total. The Hall–Kier alpha value is -5.84. The third-order valence-corrected chi connectivity index (χ3v) is 10.9. The molecule has 6 rings (SSSR count). The van der Waals surface area contributed by atoms with E-state index in [1.807, 2.05) is 30.5 Å². The van der Waals surface area contributed by atoms with E-state index in [0.29, 0.717) is 16.4 Å². The number of anilines is 2. The van der Waals surface area contributed by atoms with Crippen molar-refractivity contribution in [3.8, 4) is 5.75 Å². The first-order chi connectivity index (χ1) is 28.7. The maximum Gasteiger partial charge on any atom is 0.352 e. The van der Waals surface area contributed by atoms with Gasteiger partial charge in [0.1, 0.15) is 42.3 Å². The van der Waals surface area contributed by atoms with Crippen LogP contribution in [0.4, 0.5) is 10.8 Å². The molecule has 1 fully saturated rings. The van der Waals surface area contributed by atoms with Gasteiger partial charge in [-0.1, -0.05) is 24.6 Å². The van der Waals surface area contributed by atoms with Crippen LogP contribution in [0.1, 0.15) is 51.4 Å². The van der Waals surface area contributed by atoms with E-state index < -0.39 is 35.2 Å². The van der Waals surface area contributed by atoms with Gasteiger partial charge in [-0.3, -0.25) is 34.0 Å². The largest absolute Gasteiger partial charge is 0.497 e. The third-order valence-electron chi connectivity index (χ3n) is 8.64. The number of carbonyl (C=O) groups is 4. The number of carboxylic acids is 1. The van der Waals surface area contributed by atoms with Gasteiger partial charge in [0.15, 0.2) is 15.6 Å². The number of methoxy groups -OCH3 is 1. The fourth-order valence-electron chi connectivity index (χ4n) is 5.96. The Bertz CT molecular complexity index is 2320. The number of ether oxygens (including phenoxy) is 2. The Kier molecular flexibility index (Phi) is 17.6. The summed E-state index contributed by atoms with van der Waals surface area (Å²) in [4.78, 5) is 78.5. The number of hydrogen-bond acceptors (Lipinski definition) is 17. The van der Waals surface area contributed by atoms with Gasteiger partial charge in [0, 0.05) is 59.1 Å². The van der Waals surface area contributed by atoms with Crippen molar-refractivity contribution in [2.24, 2.45) is 10.9 Å². The normalized spacial score (nSPS) is 16.2. The van der Waals surface area contributed by atoms with Gasteiger partial charge in [0.2, 0.25) is 0 Å². The van der Waals surface area contributed by atoms with Gasteiger partial charge in [0.25, 0.3) is 17.4 Å². The van der Waals surface area contributed by atoms with Gasteiger partial charge < -0.3 is 46.5 Å². The summed E-state index contributed by atoms with van der Waals surface area (Å²) in [7, 11) is 2.93. The van der Waals surface area contributed by atoms with E-state index in [9.17, 15) is 29.1 Å². The minimum Gasteiger partial charge on any atom is -0.497 e. The predicted molar refractivity (Wildman–Crippen MR) is 232 cm³/mol. The molecule has 0 saturated carbocycles. The van der Waals surface area contributed by atoms with Crippen LogP contribution in [0.3, 0.4) is 0 Å². The first kappa shape index (κ1) is 46.8. The second-order valence-electron chi connectivity index (χ2n) is 13.2. The second kappa shape index (κ2) is 22.5. The van der Waals surface area contributed by atoms with Crippen molar-refractivity contribution in [2.45, 2.75) is 63.9 Å². The number of esters is 1. The van der Waals surface area contributed by atoms with Gasteiger partial charge in [-0.15, -0.1) is 23.1 Å². The summed E-state index contributed by atoms with van der Waals surface area (Å²) in [5, 5.41) is 21.4. The van der Waals surface area contributed by atoms with Crippen molar-refractivity contribution >= 4 is 86.5 Å². The summed E-state index contributed by atoms with van der Waals surface area (Å²) >= 11 is 7.14. The van der Waals surface area contributed by atoms with E-state index in [-0.39, 0.29) is 40.2 Å². The average molecular weight is 885 g/mol. The van der Waals surface area contributed by atoms with E-state index >= 15 is 0 Å². The number of rotatable bonds is 15. The van der Waals surface area contributed by atoms with Crippen LogP contribution in [-0.4, -0.2) is 110 Å². The van der Waals surface area contributed by atoms with Crippen molar-refractivity contribution in [3.63, 3.8) is 0 Å². The number of carbonyl (C=O) groups excluding carboxylic acids is 3. The average Bonchev–Trinajstić information content (AvgIpc) is 3.65. The minimum atomic E-state index is -1.32. The number of oxime groups is 1. The molecule has 0 radical (unpaired) electrons. The zero-order valence-electron chi connectivity index (χ0n) is 33.6. The van der Waals surface area contributed by atoms with Crippen molar-refractivity contribution in [2.75, 3.05) is 44.2 Å². The molecule has 5 heterocycles. The highest BCUT2D eigenvalue weighted by molar-refractivity contribution is 8.00. The Morgan fingerprint density at radius 3 is 2.58 bits per heavy atom. The topological polar surface area (TPSA) is 282 Å². The molecule has 60 heavy (non-hydrogen) atoms. The van der Waals surface area contributed by atoms with Crippen LogP contribution in [0, 0.1) is 4.77 Å². The molecular weight excluding hydrogens is 837 g/mol. The summed E-state index contributed by atoms with van der Waals surface area (Å²) in [6, 6.07) is 8.90.